The molecule has 0 aliphatic heterocycles. The number of hydrogen-bond acceptors (Lipinski definition) is 2. The second-order valence-electron chi connectivity index (χ2n) is 2.99. The van der Waals surface area contributed by atoms with Crippen molar-refractivity contribution in [2.24, 2.45) is 0 Å². The summed E-state index contributed by atoms with van der Waals surface area (Å²) < 4.78 is 7.31. The third-order valence-corrected chi connectivity index (χ3v) is 1.99. The van der Waals surface area contributed by atoms with Crippen molar-refractivity contribution in [2.75, 3.05) is 6.61 Å². The maximum Gasteiger partial charge on any atom is 0.124 e. The first-order chi connectivity index (χ1) is 6.92. The Morgan fingerprint density at radius 1 is 1.43 bits per heavy atom. The topological polar surface area (TPSA) is 27.1 Å². The van der Waals surface area contributed by atoms with E-state index in [-0.39, 0.29) is 0 Å². The lowest BCUT2D eigenvalue weighted by atomic mass is 10.3. The Morgan fingerprint density at radius 2 is 2.29 bits per heavy atom. The summed E-state index contributed by atoms with van der Waals surface area (Å²) in [5, 5.41) is 0. The van der Waals surface area contributed by atoms with Gasteiger partial charge in [0.15, 0.2) is 0 Å². The number of imidazole rings is 1. The molecule has 3 heteroatoms. The summed E-state index contributed by atoms with van der Waals surface area (Å²) in [5.74, 6) is 0. The van der Waals surface area contributed by atoms with Gasteiger partial charge in [-0.25, -0.2) is 4.98 Å². The first-order valence-electron chi connectivity index (χ1n) is 4.50. The summed E-state index contributed by atoms with van der Waals surface area (Å²) in [6, 6.07) is 7.98. The predicted molar refractivity (Wildman–Crippen MR) is 55.9 cm³/mol. The summed E-state index contributed by atoms with van der Waals surface area (Å²) in [6.45, 7) is 4.67. The Morgan fingerprint density at radius 3 is 3.14 bits per heavy atom. The van der Waals surface area contributed by atoms with Crippen LogP contribution in [0.4, 0.5) is 0 Å². The van der Waals surface area contributed by atoms with Crippen LogP contribution >= 0.6 is 0 Å². The summed E-state index contributed by atoms with van der Waals surface area (Å²) in [4.78, 5) is 4.25. The summed E-state index contributed by atoms with van der Waals surface area (Å²) >= 11 is 0. The molecule has 14 heavy (non-hydrogen) atoms. The van der Waals surface area contributed by atoms with Crippen molar-refractivity contribution in [3.05, 3.63) is 43.2 Å². The van der Waals surface area contributed by atoms with Gasteiger partial charge in [-0.15, -0.1) is 6.58 Å². The van der Waals surface area contributed by atoms with Crippen LogP contribution in [0.1, 0.15) is 0 Å². The van der Waals surface area contributed by atoms with Crippen LogP contribution in [0.5, 0.6) is 0 Å². The zero-order chi connectivity index (χ0) is 9.80. The average Bonchev–Trinajstić information content (AvgIpc) is 2.63. The monoisotopic (exact) mass is 188 g/mol. The first kappa shape index (κ1) is 8.97. The van der Waals surface area contributed by atoms with Crippen LogP contribution in [0, 0.1) is 0 Å². The number of hydrogen-bond donors (Lipinski definition) is 0. The maximum absolute atomic E-state index is 5.34. The van der Waals surface area contributed by atoms with E-state index in [9.17, 15) is 0 Å². The largest absolute Gasteiger partial charge is 0.357 e. The van der Waals surface area contributed by atoms with Crippen LogP contribution in [-0.4, -0.2) is 16.2 Å². The molecule has 0 N–H and O–H groups in total. The summed E-state index contributed by atoms with van der Waals surface area (Å²) in [6.07, 6.45) is 3.52. The lowest BCUT2D eigenvalue weighted by Gasteiger charge is -2.03. The molecule has 0 amide bonds. The van der Waals surface area contributed by atoms with Crippen molar-refractivity contribution in [1.29, 1.82) is 0 Å². The van der Waals surface area contributed by atoms with Gasteiger partial charge in [-0.3, -0.25) is 0 Å². The third kappa shape index (κ3) is 1.67. The predicted octanol–water partition coefficient (Wildman–Crippen LogP) is 2.20. The van der Waals surface area contributed by atoms with Gasteiger partial charge in [0.05, 0.1) is 24.0 Å². The molecule has 1 heterocycles. The molecular weight excluding hydrogens is 176 g/mol. The lowest BCUT2D eigenvalue weighted by Crippen LogP contribution is -2.00. The second kappa shape index (κ2) is 4.07. The highest BCUT2D eigenvalue weighted by atomic mass is 16.5. The van der Waals surface area contributed by atoms with Crippen LogP contribution in [-0.2, 0) is 11.5 Å². The number of benzene rings is 1. The summed E-state index contributed by atoms with van der Waals surface area (Å²) in [5.41, 5.74) is 2.09. The fourth-order valence-corrected chi connectivity index (χ4v) is 1.35. The molecule has 2 aromatic rings. The normalized spacial score (nSPS) is 10.6. The Kier molecular flexibility index (Phi) is 2.60. The summed E-state index contributed by atoms with van der Waals surface area (Å²) in [7, 11) is 0. The minimum atomic E-state index is 0.520. The van der Waals surface area contributed by atoms with Gasteiger partial charge in [0.1, 0.15) is 6.73 Å². The highest BCUT2D eigenvalue weighted by Crippen LogP contribution is 2.11. The standard InChI is InChI=1S/C11H12N2O/c1-2-7-14-9-13-8-12-10-5-3-4-6-11(10)13/h2-6,8H,1,7,9H2. The van der Waals surface area contributed by atoms with Crippen LogP contribution in [0.2, 0.25) is 0 Å². The van der Waals surface area contributed by atoms with Crippen molar-refractivity contribution in [3.63, 3.8) is 0 Å². The highest BCUT2D eigenvalue weighted by molar-refractivity contribution is 5.74. The smallest absolute Gasteiger partial charge is 0.124 e. The fourth-order valence-electron chi connectivity index (χ4n) is 1.35. The maximum atomic E-state index is 5.34. The minimum absolute atomic E-state index is 0.520. The molecule has 0 aliphatic carbocycles. The molecule has 1 aromatic carbocycles. The van der Waals surface area contributed by atoms with Gasteiger partial charge in [-0.1, -0.05) is 18.2 Å². The van der Waals surface area contributed by atoms with E-state index in [2.05, 4.69) is 11.6 Å². The molecule has 0 spiro atoms. The zero-order valence-corrected chi connectivity index (χ0v) is 7.89. The average molecular weight is 188 g/mol. The number of ether oxygens (including phenoxy) is 1. The molecule has 0 bridgehead atoms. The van der Waals surface area contributed by atoms with Crippen LogP contribution in [0.25, 0.3) is 11.0 Å². The van der Waals surface area contributed by atoms with Crippen molar-refractivity contribution in [2.45, 2.75) is 6.73 Å². The van der Waals surface area contributed by atoms with E-state index in [1.165, 1.54) is 0 Å². The van der Waals surface area contributed by atoms with E-state index in [1.807, 2.05) is 28.8 Å². The number of fused-ring (bicyclic) bond motifs is 1. The van der Waals surface area contributed by atoms with E-state index in [0.717, 1.165) is 11.0 Å². The zero-order valence-electron chi connectivity index (χ0n) is 7.89. The molecule has 0 aliphatic rings. The van der Waals surface area contributed by atoms with Crippen molar-refractivity contribution in [3.8, 4) is 0 Å². The molecule has 2 rings (SSSR count). The van der Waals surface area contributed by atoms with Gasteiger partial charge < -0.3 is 9.30 Å². The Hall–Kier alpha value is -1.61. The molecule has 0 saturated carbocycles. The van der Waals surface area contributed by atoms with Gasteiger partial charge in [0.2, 0.25) is 0 Å². The van der Waals surface area contributed by atoms with Crippen LogP contribution in [0.15, 0.2) is 43.2 Å². The molecule has 0 atom stereocenters. The number of rotatable bonds is 4. The van der Waals surface area contributed by atoms with Crippen LogP contribution < -0.4 is 0 Å². The van der Waals surface area contributed by atoms with Crippen LogP contribution in [0.3, 0.4) is 0 Å². The Bertz CT molecular complexity index is 434. The molecule has 0 saturated heterocycles. The molecule has 3 nitrogen and oxygen atoms in total. The Balaban J connectivity index is 2.20. The highest BCUT2D eigenvalue weighted by Gasteiger charge is 1.99. The fraction of sp³-hybridized carbons (Fsp3) is 0.182. The van der Waals surface area contributed by atoms with Gasteiger partial charge >= 0.3 is 0 Å². The molecular formula is C11H12N2O. The minimum Gasteiger partial charge on any atom is -0.357 e. The number of nitrogens with zero attached hydrogens (tertiary/aromatic N) is 2. The SMILES string of the molecule is C=CCOCn1cnc2ccccc21. The quantitative estimate of drug-likeness (QED) is 0.543. The molecule has 0 unspecified atom stereocenters. The Labute approximate surface area is 82.6 Å². The van der Waals surface area contributed by atoms with Gasteiger partial charge in [0.25, 0.3) is 0 Å². The van der Waals surface area contributed by atoms with Gasteiger partial charge in [-0.05, 0) is 12.1 Å². The lowest BCUT2D eigenvalue weighted by molar-refractivity contribution is 0.103. The molecule has 0 fully saturated rings. The third-order valence-electron chi connectivity index (χ3n) is 1.99. The van der Waals surface area contributed by atoms with E-state index in [0.29, 0.717) is 13.3 Å². The van der Waals surface area contributed by atoms with Gasteiger partial charge in [-0.2, -0.15) is 0 Å². The van der Waals surface area contributed by atoms with Crippen molar-refractivity contribution >= 4 is 11.0 Å². The number of aromatic nitrogens is 2. The molecule has 0 radical (unpaired) electrons. The van der Waals surface area contributed by atoms with E-state index >= 15 is 0 Å². The van der Waals surface area contributed by atoms with E-state index in [1.54, 1.807) is 12.4 Å². The van der Waals surface area contributed by atoms with E-state index < -0.39 is 0 Å². The molecule has 72 valence electrons. The van der Waals surface area contributed by atoms with Crippen molar-refractivity contribution < 1.29 is 4.74 Å². The van der Waals surface area contributed by atoms with E-state index in [4.69, 9.17) is 4.74 Å². The number of para-hydroxylation sites is 2. The van der Waals surface area contributed by atoms with Gasteiger partial charge in [0, 0.05) is 0 Å². The molecule has 1 aromatic heterocycles. The first-order valence-corrected chi connectivity index (χ1v) is 4.50. The van der Waals surface area contributed by atoms with Crippen molar-refractivity contribution in [1.82, 2.24) is 9.55 Å². The second-order valence-corrected chi connectivity index (χ2v) is 2.99.